The van der Waals surface area contributed by atoms with Crippen molar-refractivity contribution in [3.8, 4) is 11.5 Å². The maximum atomic E-state index is 13.0. The van der Waals surface area contributed by atoms with Gasteiger partial charge < -0.3 is 19.1 Å². The van der Waals surface area contributed by atoms with Crippen molar-refractivity contribution in [2.75, 3.05) is 20.8 Å². The lowest BCUT2D eigenvalue weighted by molar-refractivity contribution is -0.137. The number of amides is 1. The Morgan fingerprint density at radius 1 is 1.10 bits per heavy atom. The number of fused-ring (bicyclic) bond motifs is 1. The quantitative estimate of drug-likeness (QED) is 0.755. The number of hydrogen-bond acceptors (Lipinski definition) is 4. The first-order valence-electron chi connectivity index (χ1n) is 9.19. The van der Waals surface area contributed by atoms with Gasteiger partial charge in [0.1, 0.15) is 6.10 Å². The molecule has 8 heteroatoms. The maximum absolute atomic E-state index is 13.0. The van der Waals surface area contributed by atoms with E-state index in [4.69, 9.17) is 14.2 Å². The molecule has 0 radical (unpaired) electrons. The summed E-state index contributed by atoms with van der Waals surface area (Å²) in [6.45, 7) is 0.207. The van der Waals surface area contributed by atoms with E-state index in [0.29, 0.717) is 29.9 Å². The van der Waals surface area contributed by atoms with Gasteiger partial charge in [0.05, 0.1) is 26.3 Å². The van der Waals surface area contributed by atoms with Crippen molar-refractivity contribution in [1.29, 1.82) is 0 Å². The SMILES string of the molecule is COc1ccc2c(c1OC)CC(N1C[C@H](c3cccc(C(F)(F)F)c3)OC1=O)C2. The van der Waals surface area contributed by atoms with Crippen LogP contribution in [0.5, 0.6) is 11.5 Å². The molecule has 154 valence electrons. The van der Waals surface area contributed by atoms with Crippen molar-refractivity contribution >= 4 is 6.09 Å². The van der Waals surface area contributed by atoms with Gasteiger partial charge >= 0.3 is 12.3 Å². The smallest absolute Gasteiger partial charge is 0.416 e. The molecule has 0 saturated carbocycles. The summed E-state index contributed by atoms with van der Waals surface area (Å²) >= 11 is 0. The van der Waals surface area contributed by atoms with Crippen LogP contribution in [-0.4, -0.2) is 37.8 Å². The topological polar surface area (TPSA) is 48.0 Å². The molecule has 1 aliphatic heterocycles. The van der Waals surface area contributed by atoms with E-state index in [1.54, 1.807) is 25.2 Å². The predicted molar refractivity (Wildman–Crippen MR) is 98.1 cm³/mol. The minimum absolute atomic E-state index is 0.144. The molecule has 2 atom stereocenters. The monoisotopic (exact) mass is 407 g/mol. The Hall–Kier alpha value is -2.90. The van der Waals surface area contributed by atoms with E-state index < -0.39 is 23.9 Å². The lowest BCUT2D eigenvalue weighted by Crippen LogP contribution is -2.36. The zero-order valence-electron chi connectivity index (χ0n) is 16.0. The summed E-state index contributed by atoms with van der Waals surface area (Å²) in [5, 5.41) is 0. The normalized spacial score (nSPS) is 21.1. The average molecular weight is 407 g/mol. The summed E-state index contributed by atoms with van der Waals surface area (Å²) in [5.41, 5.74) is 1.62. The zero-order valence-corrected chi connectivity index (χ0v) is 16.0. The van der Waals surface area contributed by atoms with Gasteiger partial charge in [-0.25, -0.2) is 4.79 Å². The minimum atomic E-state index is -4.44. The van der Waals surface area contributed by atoms with Gasteiger partial charge in [0.15, 0.2) is 11.5 Å². The van der Waals surface area contributed by atoms with E-state index in [0.717, 1.165) is 23.3 Å². The molecule has 29 heavy (non-hydrogen) atoms. The molecule has 0 aromatic heterocycles. The highest BCUT2D eigenvalue weighted by Gasteiger charge is 2.41. The molecule has 2 aliphatic rings. The number of benzene rings is 2. The molecule has 1 aliphatic carbocycles. The molecule has 1 unspecified atom stereocenters. The number of carbonyl (C=O) groups excluding carboxylic acids is 1. The number of halogens is 3. The van der Waals surface area contributed by atoms with Gasteiger partial charge in [-0.1, -0.05) is 18.2 Å². The fourth-order valence-corrected chi connectivity index (χ4v) is 4.10. The van der Waals surface area contributed by atoms with Crippen molar-refractivity contribution in [2.45, 2.75) is 31.2 Å². The fourth-order valence-electron chi connectivity index (χ4n) is 4.10. The zero-order chi connectivity index (χ0) is 20.8. The molecule has 2 aromatic carbocycles. The number of methoxy groups -OCH3 is 2. The maximum Gasteiger partial charge on any atom is 0.416 e. The second kappa shape index (κ2) is 7.17. The molecule has 0 N–H and O–H groups in total. The first kappa shape index (κ1) is 19.4. The van der Waals surface area contributed by atoms with Crippen molar-refractivity contribution in [1.82, 2.24) is 4.90 Å². The molecule has 1 fully saturated rings. The summed E-state index contributed by atoms with van der Waals surface area (Å²) in [4.78, 5) is 14.1. The van der Waals surface area contributed by atoms with E-state index >= 15 is 0 Å². The van der Waals surface area contributed by atoms with Crippen LogP contribution in [-0.2, 0) is 23.8 Å². The Labute approximate surface area is 166 Å². The van der Waals surface area contributed by atoms with Crippen molar-refractivity contribution < 1.29 is 32.2 Å². The molecule has 5 nitrogen and oxygen atoms in total. The third kappa shape index (κ3) is 3.47. The van der Waals surface area contributed by atoms with Crippen molar-refractivity contribution in [3.63, 3.8) is 0 Å². The lowest BCUT2D eigenvalue weighted by atomic mass is 10.0. The molecule has 1 heterocycles. The Morgan fingerprint density at radius 2 is 1.90 bits per heavy atom. The molecule has 0 spiro atoms. The molecule has 1 saturated heterocycles. The standard InChI is InChI=1S/C21H20F3NO4/c1-27-17-7-6-12-9-15(10-16(12)19(17)28-2)25-11-18(29-20(25)26)13-4-3-5-14(8-13)21(22,23)24/h3-8,15,18H,9-11H2,1-2H3/t15?,18-/m1/s1. The van der Waals surface area contributed by atoms with Crippen LogP contribution in [0.2, 0.25) is 0 Å². The van der Waals surface area contributed by atoms with E-state index in [1.165, 1.54) is 6.07 Å². The molecular weight excluding hydrogens is 387 g/mol. The Balaban J connectivity index is 1.54. The number of carbonyl (C=O) groups is 1. The molecule has 0 bridgehead atoms. The number of hydrogen-bond donors (Lipinski definition) is 0. The summed E-state index contributed by atoms with van der Waals surface area (Å²) in [6.07, 6.45) is -4.50. The predicted octanol–water partition coefficient (Wildman–Crippen LogP) is 4.38. The third-order valence-electron chi connectivity index (χ3n) is 5.51. The van der Waals surface area contributed by atoms with Crippen LogP contribution in [0.15, 0.2) is 36.4 Å². The van der Waals surface area contributed by atoms with Crippen LogP contribution in [0.3, 0.4) is 0 Å². The summed E-state index contributed by atoms with van der Waals surface area (Å²) in [5.74, 6) is 1.27. The summed E-state index contributed by atoms with van der Waals surface area (Å²) in [6, 6.07) is 8.56. The summed E-state index contributed by atoms with van der Waals surface area (Å²) < 4.78 is 55.2. The van der Waals surface area contributed by atoms with Crippen LogP contribution in [0.4, 0.5) is 18.0 Å². The van der Waals surface area contributed by atoms with Gasteiger partial charge in [-0.15, -0.1) is 0 Å². The van der Waals surface area contributed by atoms with Gasteiger partial charge in [-0.05, 0) is 42.2 Å². The highest BCUT2D eigenvalue weighted by molar-refractivity contribution is 5.71. The number of ether oxygens (including phenoxy) is 3. The third-order valence-corrected chi connectivity index (χ3v) is 5.51. The van der Waals surface area contributed by atoms with Gasteiger partial charge in [0, 0.05) is 11.6 Å². The van der Waals surface area contributed by atoms with Gasteiger partial charge in [0.25, 0.3) is 0 Å². The molecule has 2 aromatic rings. The van der Waals surface area contributed by atoms with Gasteiger partial charge in [-0.2, -0.15) is 13.2 Å². The van der Waals surface area contributed by atoms with E-state index in [-0.39, 0.29) is 12.6 Å². The van der Waals surface area contributed by atoms with Crippen LogP contribution >= 0.6 is 0 Å². The Morgan fingerprint density at radius 3 is 2.59 bits per heavy atom. The largest absolute Gasteiger partial charge is 0.493 e. The van der Waals surface area contributed by atoms with Crippen molar-refractivity contribution in [3.05, 3.63) is 58.7 Å². The second-order valence-electron chi connectivity index (χ2n) is 7.15. The van der Waals surface area contributed by atoms with E-state index in [2.05, 4.69) is 0 Å². The van der Waals surface area contributed by atoms with Crippen LogP contribution in [0, 0.1) is 0 Å². The van der Waals surface area contributed by atoms with Gasteiger partial charge in [-0.3, -0.25) is 0 Å². The highest BCUT2D eigenvalue weighted by Crippen LogP contribution is 2.41. The Kier molecular flexibility index (Phi) is 4.80. The molecule has 1 amide bonds. The van der Waals surface area contributed by atoms with Gasteiger partial charge in [0.2, 0.25) is 0 Å². The van der Waals surface area contributed by atoms with E-state index in [1.807, 2.05) is 12.1 Å². The lowest BCUT2D eigenvalue weighted by Gasteiger charge is -2.21. The molecular formula is C21H20F3NO4. The highest BCUT2D eigenvalue weighted by atomic mass is 19.4. The van der Waals surface area contributed by atoms with Crippen LogP contribution in [0.25, 0.3) is 0 Å². The van der Waals surface area contributed by atoms with E-state index in [9.17, 15) is 18.0 Å². The van der Waals surface area contributed by atoms with Crippen LogP contribution < -0.4 is 9.47 Å². The number of alkyl halides is 3. The first-order chi connectivity index (χ1) is 13.8. The minimum Gasteiger partial charge on any atom is -0.493 e. The number of rotatable bonds is 4. The van der Waals surface area contributed by atoms with Crippen LogP contribution in [0.1, 0.15) is 28.4 Å². The first-order valence-corrected chi connectivity index (χ1v) is 9.19. The average Bonchev–Trinajstić information content (AvgIpc) is 3.29. The second-order valence-corrected chi connectivity index (χ2v) is 7.15. The number of nitrogens with zero attached hydrogens (tertiary/aromatic N) is 1. The number of cyclic esters (lactones) is 1. The molecule has 4 rings (SSSR count). The Bertz CT molecular complexity index is 944. The van der Waals surface area contributed by atoms with Crippen molar-refractivity contribution in [2.24, 2.45) is 0 Å². The summed E-state index contributed by atoms with van der Waals surface area (Å²) in [7, 11) is 3.13. The fraction of sp³-hybridized carbons (Fsp3) is 0.381.